The van der Waals surface area contributed by atoms with Gasteiger partial charge in [0.15, 0.2) is 6.61 Å². The van der Waals surface area contributed by atoms with Gasteiger partial charge in [-0.15, -0.1) is 0 Å². The van der Waals surface area contributed by atoms with Crippen molar-refractivity contribution in [2.75, 3.05) is 18.5 Å². The minimum Gasteiger partial charge on any atom is -0.493 e. The van der Waals surface area contributed by atoms with Gasteiger partial charge in [-0.2, -0.15) is 13.2 Å². The number of para-hydroxylation sites is 1. The van der Waals surface area contributed by atoms with Crippen LogP contribution in [0.15, 0.2) is 48.5 Å². The van der Waals surface area contributed by atoms with Gasteiger partial charge in [0.2, 0.25) is 0 Å². The fourth-order valence-corrected chi connectivity index (χ4v) is 2.15. The number of carbonyl (C=O) groups is 2. The third-order valence-electron chi connectivity index (χ3n) is 3.50. The topological polar surface area (TPSA) is 64.6 Å². The van der Waals surface area contributed by atoms with E-state index in [9.17, 15) is 22.8 Å². The van der Waals surface area contributed by atoms with Gasteiger partial charge in [0.05, 0.1) is 18.6 Å². The molecule has 8 heteroatoms. The van der Waals surface area contributed by atoms with Crippen LogP contribution in [0.25, 0.3) is 0 Å². The molecule has 144 valence electrons. The van der Waals surface area contributed by atoms with E-state index >= 15 is 0 Å². The van der Waals surface area contributed by atoms with E-state index in [1.165, 1.54) is 12.1 Å². The van der Waals surface area contributed by atoms with Crippen LogP contribution in [0.2, 0.25) is 0 Å². The van der Waals surface area contributed by atoms with Crippen LogP contribution in [0.5, 0.6) is 5.75 Å². The second kappa shape index (κ2) is 9.07. The van der Waals surface area contributed by atoms with Gasteiger partial charge in [-0.3, -0.25) is 9.59 Å². The van der Waals surface area contributed by atoms with Gasteiger partial charge in [-0.1, -0.05) is 24.3 Å². The number of halogens is 3. The van der Waals surface area contributed by atoms with Crippen molar-refractivity contribution in [1.82, 2.24) is 0 Å². The van der Waals surface area contributed by atoms with Gasteiger partial charge in [-0.25, -0.2) is 0 Å². The van der Waals surface area contributed by atoms with E-state index < -0.39 is 30.2 Å². The summed E-state index contributed by atoms with van der Waals surface area (Å²) in [7, 11) is 0. The maximum absolute atomic E-state index is 12.6. The number of ether oxygens (including phenoxy) is 2. The third-order valence-corrected chi connectivity index (χ3v) is 3.50. The molecule has 2 aromatic rings. The third kappa shape index (κ3) is 6.65. The van der Waals surface area contributed by atoms with Crippen molar-refractivity contribution in [2.45, 2.75) is 19.5 Å². The van der Waals surface area contributed by atoms with Crippen LogP contribution in [0.3, 0.4) is 0 Å². The predicted octanol–water partition coefficient (Wildman–Crippen LogP) is 3.96. The number of benzene rings is 2. The molecule has 0 saturated carbocycles. The average Bonchev–Trinajstić information content (AvgIpc) is 2.61. The molecule has 0 aromatic heterocycles. The van der Waals surface area contributed by atoms with Crippen LogP contribution < -0.4 is 10.1 Å². The molecule has 2 aromatic carbocycles. The van der Waals surface area contributed by atoms with E-state index in [4.69, 9.17) is 9.47 Å². The van der Waals surface area contributed by atoms with Crippen LogP contribution in [-0.4, -0.2) is 25.1 Å². The standard InChI is InChI=1S/C19H18F3NO4/c1-13-5-2-3-8-16(13)26-10-9-18(25)27-12-17(24)23-15-7-4-6-14(11-15)19(20,21)22/h2-8,11H,9-10,12H2,1H3,(H,23,24). The maximum atomic E-state index is 12.6. The number of anilines is 1. The van der Waals surface area contributed by atoms with Crippen molar-refractivity contribution in [3.8, 4) is 5.75 Å². The van der Waals surface area contributed by atoms with Crippen molar-refractivity contribution < 1.29 is 32.2 Å². The summed E-state index contributed by atoms with van der Waals surface area (Å²) in [6.07, 6.45) is -4.57. The Morgan fingerprint density at radius 2 is 1.81 bits per heavy atom. The summed E-state index contributed by atoms with van der Waals surface area (Å²) in [5.41, 5.74) is 0.00532. The zero-order valence-electron chi connectivity index (χ0n) is 14.5. The summed E-state index contributed by atoms with van der Waals surface area (Å²) in [6.45, 7) is 1.35. The van der Waals surface area contributed by atoms with Crippen molar-refractivity contribution in [2.24, 2.45) is 0 Å². The lowest BCUT2D eigenvalue weighted by atomic mass is 10.2. The Balaban J connectivity index is 1.74. The SMILES string of the molecule is Cc1ccccc1OCCC(=O)OCC(=O)Nc1cccc(C(F)(F)F)c1. The van der Waals surface area contributed by atoms with E-state index in [1.54, 1.807) is 12.1 Å². The van der Waals surface area contributed by atoms with E-state index in [2.05, 4.69) is 5.32 Å². The van der Waals surface area contributed by atoms with Crippen molar-refractivity contribution in [3.05, 3.63) is 59.7 Å². The minimum atomic E-state index is -4.51. The summed E-state index contributed by atoms with van der Waals surface area (Å²) in [5.74, 6) is -0.738. The summed E-state index contributed by atoms with van der Waals surface area (Å²) in [4.78, 5) is 23.3. The van der Waals surface area contributed by atoms with E-state index in [0.717, 1.165) is 17.7 Å². The molecule has 0 radical (unpaired) electrons. The van der Waals surface area contributed by atoms with Crippen LogP contribution in [0.1, 0.15) is 17.5 Å². The number of rotatable bonds is 7. The highest BCUT2D eigenvalue weighted by atomic mass is 19.4. The largest absolute Gasteiger partial charge is 0.493 e. The summed E-state index contributed by atoms with van der Waals surface area (Å²) >= 11 is 0. The predicted molar refractivity (Wildman–Crippen MR) is 92.3 cm³/mol. The van der Waals surface area contributed by atoms with E-state index in [-0.39, 0.29) is 18.7 Å². The molecule has 0 bridgehead atoms. The van der Waals surface area contributed by atoms with Crippen LogP contribution in [0.4, 0.5) is 18.9 Å². The van der Waals surface area contributed by atoms with Crippen LogP contribution in [0, 0.1) is 6.92 Å². The summed E-state index contributed by atoms with van der Waals surface area (Å²) in [5, 5.41) is 2.25. The van der Waals surface area contributed by atoms with Gasteiger partial charge in [0, 0.05) is 5.69 Å². The first-order valence-electron chi connectivity index (χ1n) is 8.07. The first-order valence-corrected chi connectivity index (χ1v) is 8.07. The van der Waals surface area contributed by atoms with Gasteiger partial charge >= 0.3 is 12.1 Å². The molecule has 2 rings (SSSR count). The van der Waals surface area contributed by atoms with Gasteiger partial charge in [0.1, 0.15) is 5.75 Å². The molecule has 0 atom stereocenters. The molecule has 1 amide bonds. The van der Waals surface area contributed by atoms with Crippen LogP contribution in [-0.2, 0) is 20.5 Å². The number of nitrogens with one attached hydrogen (secondary N) is 1. The number of amides is 1. The Kier molecular flexibility index (Phi) is 6.81. The Morgan fingerprint density at radius 3 is 2.52 bits per heavy atom. The monoisotopic (exact) mass is 381 g/mol. The van der Waals surface area contributed by atoms with Gasteiger partial charge in [-0.05, 0) is 36.8 Å². The van der Waals surface area contributed by atoms with Gasteiger partial charge < -0.3 is 14.8 Å². The van der Waals surface area contributed by atoms with Crippen molar-refractivity contribution in [1.29, 1.82) is 0 Å². The molecule has 0 aliphatic carbocycles. The Hall–Kier alpha value is -3.03. The average molecular weight is 381 g/mol. The number of esters is 1. The molecule has 0 saturated heterocycles. The molecule has 0 aliphatic heterocycles. The highest BCUT2D eigenvalue weighted by Gasteiger charge is 2.30. The van der Waals surface area contributed by atoms with Crippen molar-refractivity contribution >= 4 is 17.6 Å². The number of aryl methyl sites for hydroxylation is 1. The molecule has 0 spiro atoms. The fraction of sp³-hybridized carbons (Fsp3) is 0.263. The van der Waals surface area contributed by atoms with E-state index in [0.29, 0.717) is 5.75 Å². The first kappa shape index (κ1) is 20.3. The quantitative estimate of drug-likeness (QED) is 0.738. The highest BCUT2D eigenvalue weighted by Crippen LogP contribution is 2.30. The smallest absolute Gasteiger partial charge is 0.416 e. The van der Waals surface area contributed by atoms with E-state index in [1.807, 2.05) is 19.1 Å². The maximum Gasteiger partial charge on any atom is 0.416 e. The zero-order chi connectivity index (χ0) is 19.9. The molecular weight excluding hydrogens is 363 g/mol. The lowest BCUT2D eigenvalue weighted by Crippen LogP contribution is -2.22. The first-order chi connectivity index (χ1) is 12.8. The molecule has 0 unspecified atom stereocenters. The highest BCUT2D eigenvalue weighted by molar-refractivity contribution is 5.92. The fourth-order valence-electron chi connectivity index (χ4n) is 2.15. The second-order valence-corrected chi connectivity index (χ2v) is 5.65. The number of hydrogen-bond donors (Lipinski definition) is 1. The van der Waals surface area contributed by atoms with Crippen molar-refractivity contribution in [3.63, 3.8) is 0 Å². The zero-order valence-corrected chi connectivity index (χ0v) is 14.5. The number of carbonyl (C=O) groups excluding carboxylic acids is 2. The molecule has 27 heavy (non-hydrogen) atoms. The summed E-state index contributed by atoms with van der Waals surface area (Å²) < 4.78 is 48.1. The second-order valence-electron chi connectivity index (χ2n) is 5.65. The van der Waals surface area contributed by atoms with Gasteiger partial charge in [0.25, 0.3) is 5.91 Å². The number of alkyl halides is 3. The minimum absolute atomic E-state index is 0.0336. The lowest BCUT2D eigenvalue weighted by Gasteiger charge is -2.10. The molecule has 1 N–H and O–H groups in total. The molecule has 0 aliphatic rings. The normalized spacial score (nSPS) is 11.0. The molecule has 5 nitrogen and oxygen atoms in total. The Bertz CT molecular complexity index is 806. The Morgan fingerprint density at radius 1 is 1.07 bits per heavy atom. The molecular formula is C19H18F3NO4. The lowest BCUT2D eigenvalue weighted by molar-refractivity contribution is -0.147. The Labute approximate surface area is 154 Å². The molecule has 0 fully saturated rings. The van der Waals surface area contributed by atoms with Crippen LogP contribution >= 0.6 is 0 Å². The number of hydrogen-bond acceptors (Lipinski definition) is 4. The molecule has 0 heterocycles. The summed E-state index contributed by atoms with van der Waals surface area (Å²) in [6, 6.07) is 11.5.